The Morgan fingerprint density at radius 3 is 3.07 bits per heavy atom. The van der Waals surface area contributed by atoms with Crippen molar-refractivity contribution in [3.63, 3.8) is 0 Å². The maximum absolute atomic E-state index is 10.8. The minimum absolute atomic E-state index is 0.0175. The first kappa shape index (κ1) is 9.80. The fraction of sp³-hybridized carbons (Fsp3) is 0.600. The zero-order valence-electron chi connectivity index (χ0n) is 8.32. The maximum Gasteiger partial charge on any atom is 0.151 e. The van der Waals surface area contributed by atoms with Crippen molar-refractivity contribution < 1.29 is 9.53 Å². The Kier molecular flexibility index (Phi) is 2.41. The van der Waals surface area contributed by atoms with Gasteiger partial charge in [0.1, 0.15) is 16.7 Å². The van der Waals surface area contributed by atoms with Gasteiger partial charge in [-0.2, -0.15) is 0 Å². The highest BCUT2D eigenvalue weighted by molar-refractivity contribution is 7.09. The molecule has 0 saturated carbocycles. The summed E-state index contributed by atoms with van der Waals surface area (Å²) >= 11 is 1.61. The topological polar surface area (TPSA) is 39.2 Å². The number of hydrogen-bond acceptors (Lipinski definition) is 4. The molecule has 0 aliphatic carbocycles. The smallest absolute Gasteiger partial charge is 0.151 e. The summed E-state index contributed by atoms with van der Waals surface area (Å²) in [6.07, 6.45) is 2.60. The van der Waals surface area contributed by atoms with Crippen molar-refractivity contribution in [3.8, 4) is 0 Å². The number of rotatable bonds is 2. The molecule has 0 amide bonds. The second-order valence-electron chi connectivity index (χ2n) is 3.90. The molecule has 1 saturated heterocycles. The molecule has 0 N–H and O–H groups in total. The van der Waals surface area contributed by atoms with Gasteiger partial charge in [-0.3, -0.25) is 0 Å². The van der Waals surface area contributed by atoms with Crippen LogP contribution in [0.3, 0.4) is 0 Å². The highest BCUT2D eigenvalue weighted by Gasteiger charge is 2.37. The van der Waals surface area contributed by atoms with Crippen LogP contribution < -0.4 is 0 Å². The van der Waals surface area contributed by atoms with Crippen molar-refractivity contribution in [2.45, 2.75) is 38.4 Å². The third-order valence-electron chi connectivity index (χ3n) is 2.48. The second-order valence-corrected chi connectivity index (χ2v) is 4.79. The van der Waals surface area contributed by atoms with Crippen LogP contribution in [0.25, 0.3) is 0 Å². The minimum Gasteiger partial charge on any atom is -0.357 e. The molecular weight excluding hydrogens is 198 g/mol. The lowest BCUT2D eigenvalue weighted by Crippen LogP contribution is -2.24. The molecule has 0 aromatic carbocycles. The summed E-state index contributed by atoms with van der Waals surface area (Å²) in [6, 6.07) is 0. The van der Waals surface area contributed by atoms with E-state index in [0.717, 1.165) is 29.8 Å². The molecule has 1 aromatic heterocycles. The van der Waals surface area contributed by atoms with Crippen LogP contribution in [0.1, 0.15) is 36.6 Å². The fourth-order valence-corrected chi connectivity index (χ4v) is 2.50. The summed E-state index contributed by atoms with van der Waals surface area (Å²) in [5.41, 5.74) is 0.429. The highest BCUT2D eigenvalue weighted by Crippen LogP contribution is 2.39. The average molecular weight is 211 g/mol. The van der Waals surface area contributed by atoms with Crippen LogP contribution in [0, 0.1) is 6.92 Å². The van der Waals surface area contributed by atoms with Gasteiger partial charge in [-0.25, -0.2) is 4.98 Å². The lowest BCUT2D eigenvalue weighted by atomic mass is 10.1. The number of thiazole rings is 1. The van der Waals surface area contributed by atoms with Crippen LogP contribution >= 0.6 is 11.3 Å². The number of aromatic nitrogens is 1. The van der Waals surface area contributed by atoms with Gasteiger partial charge in [-0.15, -0.1) is 11.3 Å². The molecule has 4 heteroatoms. The van der Waals surface area contributed by atoms with Gasteiger partial charge in [-0.05, 0) is 26.7 Å². The molecule has 1 aliphatic heterocycles. The standard InChI is InChI=1S/C10H13NO2S/c1-7-5-14-9(11-7)8-3-4-10(2,6-12)13-8/h5-6,8H,3-4H2,1-2H3. The normalized spacial score (nSPS) is 32.0. The molecule has 1 fully saturated rings. The second kappa shape index (κ2) is 3.44. The number of aryl methyl sites for hydroxylation is 1. The van der Waals surface area contributed by atoms with E-state index in [1.54, 1.807) is 11.3 Å². The molecule has 76 valence electrons. The van der Waals surface area contributed by atoms with E-state index in [1.165, 1.54) is 0 Å². The summed E-state index contributed by atoms with van der Waals surface area (Å²) < 4.78 is 5.68. The van der Waals surface area contributed by atoms with Gasteiger partial charge in [0.15, 0.2) is 6.29 Å². The number of carbonyl (C=O) groups is 1. The van der Waals surface area contributed by atoms with Gasteiger partial charge >= 0.3 is 0 Å². The number of ether oxygens (including phenoxy) is 1. The molecule has 3 nitrogen and oxygen atoms in total. The predicted octanol–water partition coefficient (Wildman–Crippen LogP) is 2.26. The van der Waals surface area contributed by atoms with Crippen molar-refractivity contribution >= 4 is 17.6 Å². The molecule has 1 aromatic rings. The zero-order chi connectivity index (χ0) is 10.2. The Balaban J connectivity index is 2.13. The summed E-state index contributed by atoms with van der Waals surface area (Å²) in [5.74, 6) is 0. The van der Waals surface area contributed by atoms with E-state index in [4.69, 9.17) is 4.74 Å². The summed E-state index contributed by atoms with van der Waals surface area (Å²) in [5, 5.41) is 3.00. The van der Waals surface area contributed by atoms with Crippen molar-refractivity contribution in [2.75, 3.05) is 0 Å². The van der Waals surface area contributed by atoms with Gasteiger partial charge in [0.25, 0.3) is 0 Å². The Morgan fingerprint density at radius 2 is 2.57 bits per heavy atom. The number of hydrogen-bond donors (Lipinski definition) is 0. The van der Waals surface area contributed by atoms with E-state index in [9.17, 15) is 4.79 Å². The van der Waals surface area contributed by atoms with E-state index in [1.807, 2.05) is 19.2 Å². The molecule has 2 heterocycles. The van der Waals surface area contributed by atoms with E-state index < -0.39 is 5.60 Å². The summed E-state index contributed by atoms with van der Waals surface area (Å²) in [7, 11) is 0. The molecule has 0 spiro atoms. The lowest BCUT2D eigenvalue weighted by molar-refractivity contribution is -0.127. The monoisotopic (exact) mass is 211 g/mol. The number of aldehydes is 1. The third kappa shape index (κ3) is 1.72. The van der Waals surface area contributed by atoms with Crippen LogP contribution in [0.5, 0.6) is 0 Å². The fourth-order valence-electron chi connectivity index (χ4n) is 1.64. The van der Waals surface area contributed by atoms with Gasteiger partial charge in [-0.1, -0.05) is 0 Å². The Labute approximate surface area is 87.1 Å². The Morgan fingerprint density at radius 1 is 1.79 bits per heavy atom. The van der Waals surface area contributed by atoms with Crippen LogP contribution in [-0.4, -0.2) is 16.9 Å². The summed E-state index contributed by atoms with van der Waals surface area (Å²) in [6.45, 7) is 3.80. The van der Waals surface area contributed by atoms with Crippen LogP contribution in [-0.2, 0) is 9.53 Å². The molecule has 14 heavy (non-hydrogen) atoms. The quantitative estimate of drug-likeness (QED) is 0.704. The maximum atomic E-state index is 10.8. The first-order valence-electron chi connectivity index (χ1n) is 4.69. The molecule has 0 radical (unpaired) electrons. The number of nitrogens with zero attached hydrogens (tertiary/aromatic N) is 1. The van der Waals surface area contributed by atoms with Crippen molar-refractivity contribution in [1.82, 2.24) is 4.98 Å². The lowest BCUT2D eigenvalue weighted by Gasteiger charge is -2.16. The first-order chi connectivity index (χ1) is 6.63. The average Bonchev–Trinajstić information content (AvgIpc) is 2.73. The number of carbonyl (C=O) groups excluding carboxylic acids is 1. The highest BCUT2D eigenvalue weighted by atomic mass is 32.1. The molecule has 2 atom stereocenters. The Bertz CT molecular complexity index is 350. The van der Waals surface area contributed by atoms with Gasteiger partial charge in [0.2, 0.25) is 0 Å². The van der Waals surface area contributed by atoms with Crippen LogP contribution in [0.2, 0.25) is 0 Å². The van der Waals surface area contributed by atoms with E-state index >= 15 is 0 Å². The molecule has 2 unspecified atom stereocenters. The predicted molar refractivity (Wildman–Crippen MR) is 54.4 cm³/mol. The molecule has 2 rings (SSSR count). The van der Waals surface area contributed by atoms with E-state index in [2.05, 4.69) is 4.98 Å². The van der Waals surface area contributed by atoms with Gasteiger partial charge < -0.3 is 9.53 Å². The van der Waals surface area contributed by atoms with Gasteiger partial charge in [0, 0.05) is 11.1 Å². The van der Waals surface area contributed by atoms with Crippen LogP contribution in [0.4, 0.5) is 0 Å². The van der Waals surface area contributed by atoms with Crippen molar-refractivity contribution in [2.24, 2.45) is 0 Å². The summed E-state index contributed by atoms with van der Waals surface area (Å²) in [4.78, 5) is 15.1. The third-order valence-corrected chi connectivity index (χ3v) is 3.53. The SMILES string of the molecule is Cc1csc(C2CCC(C)(C=O)O2)n1. The zero-order valence-corrected chi connectivity index (χ0v) is 9.13. The molecule has 1 aliphatic rings. The van der Waals surface area contributed by atoms with Crippen molar-refractivity contribution in [3.05, 3.63) is 16.1 Å². The van der Waals surface area contributed by atoms with Gasteiger partial charge in [0.05, 0.1) is 0 Å². The van der Waals surface area contributed by atoms with Crippen LogP contribution in [0.15, 0.2) is 5.38 Å². The molecule has 0 bridgehead atoms. The Hall–Kier alpha value is -0.740. The minimum atomic E-state index is -0.593. The first-order valence-corrected chi connectivity index (χ1v) is 5.57. The van der Waals surface area contributed by atoms with E-state index in [0.29, 0.717) is 0 Å². The van der Waals surface area contributed by atoms with Crippen molar-refractivity contribution in [1.29, 1.82) is 0 Å². The molecular formula is C10H13NO2S. The largest absolute Gasteiger partial charge is 0.357 e. The van der Waals surface area contributed by atoms with E-state index in [-0.39, 0.29) is 6.10 Å².